The van der Waals surface area contributed by atoms with Crippen LogP contribution in [0.15, 0.2) is 4.99 Å². The number of guanidine groups is 1. The van der Waals surface area contributed by atoms with Gasteiger partial charge >= 0.3 is 5.97 Å². The Balaban J connectivity index is 5.52. The molecule has 0 saturated carbocycles. The van der Waals surface area contributed by atoms with Gasteiger partial charge in [-0.15, -0.1) is 0 Å². The zero-order valence-electron chi connectivity index (χ0n) is 19.0. The van der Waals surface area contributed by atoms with Gasteiger partial charge in [-0.3, -0.25) is 19.4 Å². The fourth-order valence-corrected chi connectivity index (χ4v) is 2.66. The van der Waals surface area contributed by atoms with Crippen LogP contribution in [0.5, 0.6) is 0 Å². The first-order chi connectivity index (χ1) is 14.8. The second kappa shape index (κ2) is 14.2. The molecule has 0 aromatic rings. The molecule has 0 aliphatic rings. The molecule has 0 saturated heterocycles. The Morgan fingerprint density at radius 2 is 1.50 bits per heavy atom. The largest absolute Gasteiger partial charge is 0.480 e. The first kappa shape index (κ1) is 29.1. The Hall–Kier alpha value is -2.93. The summed E-state index contributed by atoms with van der Waals surface area (Å²) in [5.41, 5.74) is 16.1. The molecule has 6 atom stereocenters. The van der Waals surface area contributed by atoms with Crippen molar-refractivity contribution in [1.29, 1.82) is 0 Å². The molecule has 13 nitrogen and oxygen atoms in total. The van der Waals surface area contributed by atoms with E-state index in [1.54, 1.807) is 13.8 Å². The zero-order chi connectivity index (χ0) is 25.0. The highest BCUT2D eigenvalue weighted by Gasteiger charge is 2.33. The molecule has 0 bridgehead atoms. The van der Waals surface area contributed by atoms with Gasteiger partial charge in [0, 0.05) is 6.54 Å². The molecule has 0 heterocycles. The molecule has 184 valence electrons. The van der Waals surface area contributed by atoms with Crippen molar-refractivity contribution in [2.45, 2.75) is 77.2 Å². The first-order valence-corrected chi connectivity index (χ1v) is 10.4. The number of hydrogen-bond donors (Lipinski definition) is 8. The van der Waals surface area contributed by atoms with E-state index >= 15 is 0 Å². The van der Waals surface area contributed by atoms with E-state index < -0.39 is 54.0 Å². The predicted octanol–water partition coefficient (Wildman–Crippen LogP) is -2.65. The molecule has 0 aliphatic carbocycles. The molecule has 0 aromatic heterocycles. The van der Waals surface area contributed by atoms with Crippen LogP contribution in [0.4, 0.5) is 0 Å². The normalized spacial score (nSPS) is 16.4. The molecule has 0 aromatic carbocycles. The Morgan fingerprint density at radius 1 is 0.938 bits per heavy atom. The van der Waals surface area contributed by atoms with Gasteiger partial charge in [0.2, 0.25) is 17.7 Å². The van der Waals surface area contributed by atoms with E-state index in [2.05, 4.69) is 20.9 Å². The number of nitrogens with two attached hydrogens (primary N) is 3. The van der Waals surface area contributed by atoms with E-state index in [0.29, 0.717) is 12.8 Å². The molecule has 32 heavy (non-hydrogen) atoms. The first-order valence-electron chi connectivity index (χ1n) is 10.4. The third-order valence-electron chi connectivity index (χ3n) is 4.83. The number of amides is 3. The second-order valence-electron chi connectivity index (χ2n) is 7.74. The standard InChI is InChI=1S/C19H37N7O6/c1-5-9(2)13(17(30)26-14(11(4)27)18(31)32)25-16(29)12(24-15(28)10(3)20)7-6-8-23-19(21)22/h9-14,27H,5-8,20H2,1-4H3,(H,24,28)(H,25,29)(H,26,30)(H,31,32)(H4,21,22,23). The van der Waals surface area contributed by atoms with Gasteiger partial charge in [-0.05, 0) is 32.6 Å². The third-order valence-corrected chi connectivity index (χ3v) is 4.83. The Labute approximate surface area is 187 Å². The smallest absolute Gasteiger partial charge is 0.328 e. The van der Waals surface area contributed by atoms with Crippen molar-refractivity contribution in [2.24, 2.45) is 28.1 Å². The second-order valence-corrected chi connectivity index (χ2v) is 7.74. The fourth-order valence-electron chi connectivity index (χ4n) is 2.66. The summed E-state index contributed by atoms with van der Waals surface area (Å²) in [6.45, 7) is 6.42. The summed E-state index contributed by atoms with van der Waals surface area (Å²) in [6.07, 6.45) is -0.329. The average Bonchev–Trinajstić information content (AvgIpc) is 2.70. The van der Waals surface area contributed by atoms with Crippen molar-refractivity contribution >= 4 is 29.7 Å². The van der Waals surface area contributed by atoms with Crippen molar-refractivity contribution in [2.75, 3.05) is 6.54 Å². The maximum Gasteiger partial charge on any atom is 0.328 e. The Kier molecular flexibility index (Phi) is 12.9. The van der Waals surface area contributed by atoms with Gasteiger partial charge in [-0.25, -0.2) is 4.79 Å². The predicted molar refractivity (Wildman–Crippen MR) is 118 cm³/mol. The van der Waals surface area contributed by atoms with Gasteiger partial charge < -0.3 is 43.4 Å². The van der Waals surface area contributed by atoms with E-state index in [0.717, 1.165) is 0 Å². The summed E-state index contributed by atoms with van der Waals surface area (Å²) in [5, 5.41) is 26.2. The van der Waals surface area contributed by atoms with Gasteiger partial charge in [0.1, 0.15) is 12.1 Å². The number of aliphatic hydroxyl groups excluding tert-OH is 1. The van der Waals surface area contributed by atoms with Gasteiger partial charge in [0.15, 0.2) is 12.0 Å². The van der Waals surface area contributed by atoms with Gasteiger partial charge in [0.05, 0.1) is 12.1 Å². The summed E-state index contributed by atoms with van der Waals surface area (Å²) in [7, 11) is 0. The highest BCUT2D eigenvalue weighted by atomic mass is 16.4. The molecule has 11 N–H and O–H groups in total. The van der Waals surface area contributed by atoms with E-state index in [9.17, 15) is 29.4 Å². The van der Waals surface area contributed by atoms with E-state index in [4.69, 9.17) is 17.2 Å². The quantitative estimate of drug-likeness (QED) is 0.0768. The van der Waals surface area contributed by atoms with Crippen molar-refractivity contribution in [3.8, 4) is 0 Å². The lowest BCUT2D eigenvalue weighted by Gasteiger charge is -2.28. The molecule has 3 amide bonds. The summed E-state index contributed by atoms with van der Waals surface area (Å²) in [4.78, 5) is 52.8. The van der Waals surface area contributed by atoms with Crippen LogP contribution in [-0.2, 0) is 19.2 Å². The van der Waals surface area contributed by atoms with Crippen molar-refractivity contribution in [1.82, 2.24) is 16.0 Å². The number of hydrogen-bond acceptors (Lipinski definition) is 7. The van der Waals surface area contributed by atoms with Crippen molar-refractivity contribution in [3.63, 3.8) is 0 Å². The Morgan fingerprint density at radius 3 is 1.94 bits per heavy atom. The summed E-state index contributed by atoms with van der Waals surface area (Å²) < 4.78 is 0. The van der Waals surface area contributed by atoms with Crippen LogP contribution >= 0.6 is 0 Å². The highest BCUT2D eigenvalue weighted by Crippen LogP contribution is 2.10. The van der Waals surface area contributed by atoms with Gasteiger partial charge in [-0.2, -0.15) is 0 Å². The van der Waals surface area contributed by atoms with Crippen LogP contribution in [0.1, 0.15) is 47.0 Å². The lowest BCUT2D eigenvalue weighted by molar-refractivity contribution is -0.145. The number of carboxylic acids is 1. The van der Waals surface area contributed by atoms with Gasteiger partial charge in [-0.1, -0.05) is 20.3 Å². The maximum atomic E-state index is 12.9. The summed E-state index contributed by atoms with van der Waals surface area (Å²) in [5.74, 6) is -3.85. The van der Waals surface area contributed by atoms with Crippen molar-refractivity contribution in [3.05, 3.63) is 0 Å². The third kappa shape index (κ3) is 10.4. The topological polar surface area (TPSA) is 235 Å². The van der Waals surface area contributed by atoms with Crippen LogP contribution in [0.25, 0.3) is 0 Å². The number of carboxylic acid groups (broad SMARTS) is 1. The van der Waals surface area contributed by atoms with E-state index in [1.165, 1.54) is 13.8 Å². The number of carbonyl (C=O) groups is 4. The Bertz CT molecular complexity index is 679. The van der Waals surface area contributed by atoms with Crippen LogP contribution in [0.3, 0.4) is 0 Å². The minimum Gasteiger partial charge on any atom is -0.480 e. The number of aliphatic hydroxyl groups is 1. The van der Waals surface area contributed by atoms with E-state index in [1.807, 2.05) is 0 Å². The van der Waals surface area contributed by atoms with Gasteiger partial charge in [0.25, 0.3) is 0 Å². The lowest BCUT2D eigenvalue weighted by atomic mass is 9.97. The molecule has 0 fully saturated rings. The van der Waals surface area contributed by atoms with E-state index in [-0.39, 0.29) is 24.8 Å². The molecule has 13 heteroatoms. The fraction of sp³-hybridized carbons (Fsp3) is 0.737. The lowest BCUT2D eigenvalue weighted by Crippen LogP contribution is -2.59. The molecular formula is C19H37N7O6. The van der Waals surface area contributed by atoms with Crippen LogP contribution in [-0.4, -0.2) is 76.7 Å². The zero-order valence-corrected chi connectivity index (χ0v) is 19.0. The summed E-state index contributed by atoms with van der Waals surface area (Å²) in [6, 6.07) is -4.52. The number of aliphatic imine (C=N–C) groups is 1. The number of nitrogens with zero attached hydrogens (tertiary/aromatic N) is 1. The van der Waals surface area contributed by atoms with Crippen LogP contribution in [0, 0.1) is 5.92 Å². The monoisotopic (exact) mass is 459 g/mol. The molecule has 0 rings (SSSR count). The molecule has 0 aliphatic heterocycles. The number of nitrogens with one attached hydrogen (secondary N) is 3. The van der Waals surface area contributed by atoms with Crippen molar-refractivity contribution < 1.29 is 29.4 Å². The SMILES string of the molecule is CCC(C)C(NC(=O)C(CCCN=C(N)N)NC(=O)C(C)N)C(=O)NC(C(=O)O)C(C)O. The number of aliphatic carboxylic acids is 1. The number of carbonyl (C=O) groups excluding carboxylic acids is 3. The van der Waals surface area contributed by atoms with Crippen LogP contribution < -0.4 is 33.2 Å². The minimum atomic E-state index is -1.54. The highest BCUT2D eigenvalue weighted by molar-refractivity contribution is 5.94. The summed E-state index contributed by atoms with van der Waals surface area (Å²) >= 11 is 0. The number of rotatable bonds is 14. The molecule has 0 radical (unpaired) electrons. The average molecular weight is 460 g/mol. The minimum absolute atomic E-state index is 0.106. The molecular weight excluding hydrogens is 422 g/mol. The molecule has 6 unspecified atom stereocenters. The maximum absolute atomic E-state index is 12.9. The molecule has 0 spiro atoms. The van der Waals surface area contributed by atoms with Crippen LogP contribution in [0.2, 0.25) is 0 Å².